The van der Waals surface area contributed by atoms with Crippen LogP contribution in [0.3, 0.4) is 0 Å². The highest BCUT2D eigenvalue weighted by atomic mass is 16.5. The SMILES string of the molecule is O=C(CNc1ccccc1)NO. The summed E-state index contributed by atoms with van der Waals surface area (Å²) in [5.41, 5.74) is 2.38. The van der Waals surface area contributed by atoms with Gasteiger partial charge in [-0.15, -0.1) is 0 Å². The lowest BCUT2D eigenvalue weighted by Crippen LogP contribution is -2.26. The molecule has 0 aliphatic rings. The Labute approximate surface area is 70.2 Å². The quantitative estimate of drug-likeness (QED) is 0.455. The van der Waals surface area contributed by atoms with E-state index in [4.69, 9.17) is 5.21 Å². The van der Waals surface area contributed by atoms with E-state index in [0.29, 0.717) is 0 Å². The maximum atomic E-state index is 10.6. The molecule has 1 rings (SSSR count). The minimum absolute atomic E-state index is 0.0700. The molecular weight excluding hydrogens is 156 g/mol. The average molecular weight is 166 g/mol. The Bertz CT molecular complexity index is 248. The number of hydrogen-bond donors (Lipinski definition) is 3. The van der Waals surface area contributed by atoms with Gasteiger partial charge in [0.05, 0.1) is 6.54 Å². The van der Waals surface area contributed by atoms with E-state index >= 15 is 0 Å². The van der Waals surface area contributed by atoms with Gasteiger partial charge in [0.1, 0.15) is 0 Å². The highest BCUT2D eigenvalue weighted by molar-refractivity contribution is 5.79. The number of carbonyl (C=O) groups is 1. The van der Waals surface area contributed by atoms with Gasteiger partial charge in [-0.3, -0.25) is 10.0 Å². The molecule has 12 heavy (non-hydrogen) atoms. The molecule has 0 spiro atoms. The largest absolute Gasteiger partial charge is 0.376 e. The number of amides is 1. The summed E-state index contributed by atoms with van der Waals surface area (Å²) in [6, 6.07) is 9.28. The van der Waals surface area contributed by atoms with Crippen LogP contribution < -0.4 is 10.8 Å². The van der Waals surface area contributed by atoms with Crippen molar-refractivity contribution in [2.45, 2.75) is 0 Å². The molecule has 0 unspecified atom stereocenters. The van der Waals surface area contributed by atoms with Gasteiger partial charge in [-0.05, 0) is 12.1 Å². The second-order valence-corrected chi connectivity index (χ2v) is 2.25. The van der Waals surface area contributed by atoms with Gasteiger partial charge in [0, 0.05) is 5.69 Å². The first-order chi connectivity index (χ1) is 5.83. The summed E-state index contributed by atoms with van der Waals surface area (Å²) in [5.74, 6) is -0.459. The van der Waals surface area contributed by atoms with Crippen molar-refractivity contribution in [2.75, 3.05) is 11.9 Å². The van der Waals surface area contributed by atoms with Gasteiger partial charge in [-0.1, -0.05) is 18.2 Å². The van der Waals surface area contributed by atoms with Crippen molar-refractivity contribution < 1.29 is 10.0 Å². The minimum Gasteiger partial charge on any atom is -0.376 e. The summed E-state index contributed by atoms with van der Waals surface area (Å²) in [6.45, 7) is 0.0700. The topological polar surface area (TPSA) is 61.4 Å². The lowest BCUT2D eigenvalue weighted by molar-refractivity contribution is -0.127. The molecule has 1 aromatic carbocycles. The first-order valence-corrected chi connectivity index (χ1v) is 3.55. The van der Waals surface area contributed by atoms with Crippen LogP contribution in [-0.4, -0.2) is 17.7 Å². The Hall–Kier alpha value is -1.55. The van der Waals surface area contributed by atoms with E-state index in [1.165, 1.54) is 5.48 Å². The lowest BCUT2D eigenvalue weighted by Gasteiger charge is -2.03. The van der Waals surface area contributed by atoms with Crippen LogP contribution in [0, 0.1) is 0 Å². The first kappa shape index (κ1) is 8.55. The van der Waals surface area contributed by atoms with Crippen molar-refractivity contribution in [1.82, 2.24) is 5.48 Å². The number of nitrogens with one attached hydrogen (secondary N) is 2. The summed E-state index contributed by atoms with van der Waals surface area (Å²) in [5, 5.41) is 11.0. The third-order valence-corrected chi connectivity index (χ3v) is 1.35. The molecule has 3 N–H and O–H groups in total. The maximum absolute atomic E-state index is 10.6. The number of carbonyl (C=O) groups excluding carboxylic acids is 1. The fraction of sp³-hybridized carbons (Fsp3) is 0.125. The zero-order chi connectivity index (χ0) is 8.81. The van der Waals surface area contributed by atoms with Crippen molar-refractivity contribution >= 4 is 11.6 Å². The summed E-state index contributed by atoms with van der Waals surface area (Å²) in [4.78, 5) is 10.6. The van der Waals surface area contributed by atoms with Crippen LogP contribution in [0.15, 0.2) is 30.3 Å². The van der Waals surface area contributed by atoms with Crippen molar-refractivity contribution in [1.29, 1.82) is 0 Å². The summed E-state index contributed by atoms with van der Waals surface area (Å²) in [7, 11) is 0. The molecule has 0 radical (unpaired) electrons. The van der Waals surface area contributed by atoms with Crippen LogP contribution in [0.5, 0.6) is 0 Å². The molecule has 1 amide bonds. The Morgan fingerprint density at radius 1 is 1.33 bits per heavy atom. The fourth-order valence-corrected chi connectivity index (χ4v) is 0.778. The van der Waals surface area contributed by atoms with Crippen LogP contribution in [0.1, 0.15) is 0 Å². The molecule has 0 bridgehead atoms. The molecule has 0 fully saturated rings. The summed E-state index contributed by atoms with van der Waals surface area (Å²) in [6.07, 6.45) is 0. The van der Waals surface area contributed by atoms with E-state index in [9.17, 15) is 4.79 Å². The predicted molar refractivity (Wildman–Crippen MR) is 44.9 cm³/mol. The molecule has 1 aromatic rings. The Morgan fingerprint density at radius 2 is 2.00 bits per heavy atom. The molecule has 0 aliphatic heterocycles. The monoisotopic (exact) mass is 166 g/mol. The van der Waals surface area contributed by atoms with Gasteiger partial charge in [0.2, 0.25) is 0 Å². The number of hydrogen-bond acceptors (Lipinski definition) is 3. The smallest absolute Gasteiger partial charge is 0.262 e. The predicted octanol–water partition coefficient (Wildman–Crippen LogP) is 0.604. The second-order valence-electron chi connectivity index (χ2n) is 2.25. The van der Waals surface area contributed by atoms with E-state index in [1.807, 2.05) is 30.3 Å². The standard InChI is InChI=1S/C8H10N2O2/c11-8(10-12)6-9-7-4-2-1-3-5-7/h1-5,9,12H,6H2,(H,10,11). The zero-order valence-electron chi connectivity index (χ0n) is 6.45. The summed E-state index contributed by atoms with van der Waals surface area (Å²) >= 11 is 0. The molecule has 0 atom stereocenters. The minimum atomic E-state index is -0.459. The first-order valence-electron chi connectivity index (χ1n) is 3.55. The van der Waals surface area contributed by atoms with E-state index in [-0.39, 0.29) is 6.54 Å². The third-order valence-electron chi connectivity index (χ3n) is 1.35. The number of hydroxylamine groups is 1. The number of rotatable bonds is 3. The van der Waals surface area contributed by atoms with Gasteiger partial charge < -0.3 is 5.32 Å². The molecular formula is C8H10N2O2. The van der Waals surface area contributed by atoms with Crippen molar-refractivity contribution in [3.63, 3.8) is 0 Å². The number of para-hydroxylation sites is 1. The van der Waals surface area contributed by atoms with E-state index in [0.717, 1.165) is 5.69 Å². The van der Waals surface area contributed by atoms with Crippen molar-refractivity contribution in [3.05, 3.63) is 30.3 Å². The lowest BCUT2D eigenvalue weighted by atomic mass is 10.3. The van der Waals surface area contributed by atoms with Crippen molar-refractivity contribution in [3.8, 4) is 0 Å². The summed E-state index contributed by atoms with van der Waals surface area (Å²) < 4.78 is 0. The van der Waals surface area contributed by atoms with Crippen LogP contribution in [0.2, 0.25) is 0 Å². The molecule has 4 heteroatoms. The van der Waals surface area contributed by atoms with E-state index in [2.05, 4.69) is 5.32 Å². The molecule has 0 aromatic heterocycles. The van der Waals surface area contributed by atoms with Gasteiger partial charge in [0.15, 0.2) is 0 Å². The van der Waals surface area contributed by atoms with Crippen molar-refractivity contribution in [2.24, 2.45) is 0 Å². The van der Waals surface area contributed by atoms with E-state index in [1.54, 1.807) is 0 Å². The Morgan fingerprint density at radius 3 is 2.58 bits per heavy atom. The number of anilines is 1. The highest BCUT2D eigenvalue weighted by Gasteiger charge is 1.96. The van der Waals surface area contributed by atoms with Crippen LogP contribution in [0.25, 0.3) is 0 Å². The third kappa shape index (κ3) is 2.59. The fourth-order valence-electron chi connectivity index (χ4n) is 0.778. The molecule has 0 aliphatic carbocycles. The van der Waals surface area contributed by atoms with Gasteiger partial charge in [-0.2, -0.15) is 0 Å². The van der Waals surface area contributed by atoms with E-state index < -0.39 is 5.91 Å². The Kier molecular flexibility index (Phi) is 3.10. The van der Waals surface area contributed by atoms with Crippen LogP contribution in [0.4, 0.5) is 5.69 Å². The van der Waals surface area contributed by atoms with Gasteiger partial charge >= 0.3 is 0 Å². The van der Waals surface area contributed by atoms with Gasteiger partial charge in [0.25, 0.3) is 5.91 Å². The second kappa shape index (κ2) is 4.35. The van der Waals surface area contributed by atoms with Crippen LogP contribution >= 0.6 is 0 Å². The normalized spacial score (nSPS) is 9.08. The van der Waals surface area contributed by atoms with Crippen LogP contribution in [-0.2, 0) is 4.79 Å². The molecule has 64 valence electrons. The molecule has 0 heterocycles. The maximum Gasteiger partial charge on any atom is 0.262 e. The molecule has 0 saturated carbocycles. The number of benzene rings is 1. The molecule has 0 saturated heterocycles. The highest BCUT2D eigenvalue weighted by Crippen LogP contribution is 2.03. The molecule has 4 nitrogen and oxygen atoms in total. The Balaban J connectivity index is 2.38. The van der Waals surface area contributed by atoms with Gasteiger partial charge in [-0.25, -0.2) is 5.48 Å². The average Bonchev–Trinajstić information content (AvgIpc) is 2.16. The zero-order valence-corrected chi connectivity index (χ0v) is 6.45.